The van der Waals surface area contributed by atoms with E-state index < -0.39 is 23.7 Å². The lowest BCUT2D eigenvalue weighted by Gasteiger charge is -2.15. The van der Waals surface area contributed by atoms with Crippen LogP contribution >= 0.6 is 0 Å². The third kappa shape index (κ3) is 2.82. The van der Waals surface area contributed by atoms with Crippen LogP contribution < -0.4 is 0 Å². The highest BCUT2D eigenvalue weighted by atomic mass is 19.4. The Balaban J connectivity index is 2.40. The van der Waals surface area contributed by atoms with Gasteiger partial charge in [-0.2, -0.15) is 13.2 Å². The lowest BCUT2D eigenvalue weighted by Crippen LogP contribution is -2.10. The molecule has 0 heterocycles. The maximum Gasteiger partial charge on any atom is 0.419 e. The molecule has 0 saturated carbocycles. The topological polar surface area (TPSA) is 20.2 Å². The normalized spacial score (nSPS) is 13.3. The van der Waals surface area contributed by atoms with Crippen LogP contribution in [0.15, 0.2) is 42.5 Å². The minimum absolute atomic E-state index is 0.0878. The maximum absolute atomic E-state index is 13.5. The highest BCUT2D eigenvalue weighted by molar-refractivity contribution is 5.37. The number of halogens is 4. The summed E-state index contributed by atoms with van der Waals surface area (Å²) in [6.45, 7) is 1.76. The Hall–Kier alpha value is -1.88. The van der Waals surface area contributed by atoms with Crippen LogP contribution in [0.1, 0.15) is 28.4 Å². The summed E-state index contributed by atoms with van der Waals surface area (Å²) in [5.74, 6) is -1.39. The van der Waals surface area contributed by atoms with Gasteiger partial charge in [-0.05, 0) is 35.7 Å². The van der Waals surface area contributed by atoms with Crippen molar-refractivity contribution in [3.8, 4) is 0 Å². The van der Waals surface area contributed by atoms with Crippen molar-refractivity contribution < 1.29 is 22.7 Å². The predicted octanol–water partition coefficient (Wildman–Crippen LogP) is 4.23. The highest BCUT2D eigenvalue weighted by Crippen LogP contribution is 2.33. The van der Waals surface area contributed by atoms with Gasteiger partial charge in [0.15, 0.2) is 0 Å². The summed E-state index contributed by atoms with van der Waals surface area (Å²) in [5.41, 5.74) is 0.0648. The second-order valence-electron chi connectivity index (χ2n) is 4.50. The average molecular weight is 284 g/mol. The molecule has 0 radical (unpaired) electrons. The van der Waals surface area contributed by atoms with E-state index in [4.69, 9.17) is 0 Å². The van der Waals surface area contributed by atoms with Crippen molar-refractivity contribution in [1.29, 1.82) is 0 Å². The van der Waals surface area contributed by atoms with Crippen LogP contribution in [0.4, 0.5) is 17.6 Å². The largest absolute Gasteiger partial charge is 0.419 e. The van der Waals surface area contributed by atoms with Crippen molar-refractivity contribution in [2.45, 2.75) is 19.2 Å². The summed E-state index contributed by atoms with van der Waals surface area (Å²) in [5, 5.41) is 10.1. The third-order valence-corrected chi connectivity index (χ3v) is 3.10. The number of alkyl halides is 3. The number of benzene rings is 2. The molecule has 0 amide bonds. The van der Waals surface area contributed by atoms with Crippen LogP contribution in [-0.4, -0.2) is 5.11 Å². The van der Waals surface area contributed by atoms with E-state index in [1.807, 2.05) is 0 Å². The van der Waals surface area contributed by atoms with Crippen molar-refractivity contribution in [1.82, 2.24) is 0 Å². The zero-order valence-corrected chi connectivity index (χ0v) is 10.6. The molecule has 5 heteroatoms. The first-order chi connectivity index (χ1) is 9.30. The second kappa shape index (κ2) is 5.25. The molecule has 0 aliphatic carbocycles. The summed E-state index contributed by atoms with van der Waals surface area (Å²) in [4.78, 5) is 0. The molecule has 1 N–H and O–H groups in total. The summed E-state index contributed by atoms with van der Waals surface area (Å²) >= 11 is 0. The average Bonchev–Trinajstić information content (AvgIpc) is 2.37. The number of hydrogen-bond acceptors (Lipinski definition) is 1. The van der Waals surface area contributed by atoms with Crippen molar-refractivity contribution in [3.63, 3.8) is 0 Å². The molecular weight excluding hydrogens is 272 g/mol. The molecular formula is C15H12F4O. The number of aliphatic hydroxyl groups excluding tert-OH is 1. The Bertz CT molecular complexity index is 620. The molecule has 0 aliphatic rings. The molecule has 1 nitrogen and oxygen atoms in total. The van der Waals surface area contributed by atoms with Gasteiger partial charge in [0.2, 0.25) is 0 Å². The minimum Gasteiger partial charge on any atom is -0.384 e. The molecule has 2 aromatic carbocycles. The van der Waals surface area contributed by atoms with Crippen LogP contribution in [-0.2, 0) is 6.18 Å². The van der Waals surface area contributed by atoms with E-state index in [0.29, 0.717) is 11.6 Å². The zero-order chi connectivity index (χ0) is 14.9. The number of aryl methyl sites for hydroxylation is 1. The Labute approximate surface area is 113 Å². The quantitative estimate of drug-likeness (QED) is 0.818. The molecule has 0 bridgehead atoms. The molecule has 106 valence electrons. The first-order valence-electron chi connectivity index (χ1n) is 5.91. The van der Waals surface area contributed by atoms with Crippen LogP contribution in [0.5, 0.6) is 0 Å². The Kier molecular flexibility index (Phi) is 3.81. The number of aliphatic hydroxyl groups is 1. The molecule has 0 spiro atoms. The maximum atomic E-state index is 13.5. The molecule has 0 saturated heterocycles. The van der Waals surface area contributed by atoms with Gasteiger partial charge < -0.3 is 5.11 Å². The first kappa shape index (κ1) is 14.5. The fourth-order valence-corrected chi connectivity index (χ4v) is 2.00. The van der Waals surface area contributed by atoms with E-state index in [1.165, 1.54) is 0 Å². The van der Waals surface area contributed by atoms with Crippen molar-refractivity contribution in [2.75, 3.05) is 0 Å². The van der Waals surface area contributed by atoms with Gasteiger partial charge in [0.25, 0.3) is 0 Å². The summed E-state index contributed by atoms with van der Waals surface area (Å²) < 4.78 is 50.9. The SMILES string of the molecule is Cc1ccccc1C(O)c1ccc(C(F)(F)F)c(F)c1. The van der Waals surface area contributed by atoms with Crippen LogP contribution in [0.3, 0.4) is 0 Å². The van der Waals surface area contributed by atoms with Crippen LogP contribution in [0.25, 0.3) is 0 Å². The van der Waals surface area contributed by atoms with Crippen molar-refractivity contribution >= 4 is 0 Å². The summed E-state index contributed by atoms with van der Waals surface area (Å²) in [6.07, 6.45) is -5.90. The van der Waals surface area contributed by atoms with Gasteiger partial charge in [-0.25, -0.2) is 4.39 Å². The Morgan fingerprint density at radius 3 is 2.25 bits per heavy atom. The van der Waals surface area contributed by atoms with E-state index in [2.05, 4.69) is 0 Å². The molecule has 20 heavy (non-hydrogen) atoms. The number of hydrogen-bond donors (Lipinski definition) is 1. The Morgan fingerprint density at radius 1 is 1.05 bits per heavy atom. The predicted molar refractivity (Wildman–Crippen MR) is 66.6 cm³/mol. The van der Waals surface area contributed by atoms with Gasteiger partial charge in [-0.3, -0.25) is 0 Å². The fraction of sp³-hybridized carbons (Fsp3) is 0.200. The smallest absolute Gasteiger partial charge is 0.384 e. The number of rotatable bonds is 2. The van der Waals surface area contributed by atoms with Gasteiger partial charge >= 0.3 is 6.18 Å². The van der Waals surface area contributed by atoms with E-state index in [1.54, 1.807) is 31.2 Å². The molecule has 0 fully saturated rings. The van der Waals surface area contributed by atoms with Crippen molar-refractivity contribution in [2.24, 2.45) is 0 Å². The van der Waals surface area contributed by atoms with E-state index in [0.717, 1.165) is 17.7 Å². The molecule has 0 aromatic heterocycles. The summed E-state index contributed by atoms with van der Waals surface area (Å²) in [6, 6.07) is 9.34. The van der Waals surface area contributed by atoms with Crippen LogP contribution in [0, 0.1) is 12.7 Å². The van der Waals surface area contributed by atoms with E-state index >= 15 is 0 Å². The van der Waals surface area contributed by atoms with E-state index in [9.17, 15) is 22.7 Å². The summed E-state index contributed by atoms with van der Waals surface area (Å²) in [7, 11) is 0. The zero-order valence-electron chi connectivity index (χ0n) is 10.6. The first-order valence-corrected chi connectivity index (χ1v) is 5.91. The van der Waals surface area contributed by atoms with Gasteiger partial charge in [-0.15, -0.1) is 0 Å². The Morgan fingerprint density at radius 2 is 1.70 bits per heavy atom. The molecule has 1 unspecified atom stereocenters. The van der Waals surface area contributed by atoms with Gasteiger partial charge in [0.05, 0.1) is 5.56 Å². The van der Waals surface area contributed by atoms with Crippen molar-refractivity contribution in [3.05, 3.63) is 70.5 Å². The molecule has 2 rings (SSSR count). The lowest BCUT2D eigenvalue weighted by molar-refractivity contribution is -0.140. The molecule has 1 atom stereocenters. The van der Waals surface area contributed by atoms with Gasteiger partial charge in [-0.1, -0.05) is 30.3 Å². The molecule has 2 aromatic rings. The van der Waals surface area contributed by atoms with Gasteiger partial charge in [0, 0.05) is 0 Å². The minimum atomic E-state index is -4.74. The van der Waals surface area contributed by atoms with Crippen LogP contribution in [0.2, 0.25) is 0 Å². The highest BCUT2D eigenvalue weighted by Gasteiger charge is 2.34. The standard InChI is InChI=1S/C15H12F4O/c1-9-4-2-3-5-11(9)14(20)10-6-7-12(13(16)8-10)15(17,18)19/h2-8,14,20H,1H3. The fourth-order valence-electron chi connectivity index (χ4n) is 2.00. The second-order valence-corrected chi connectivity index (χ2v) is 4.50. The van der Waals surface area contributed by atoms with E-state index in [-0.39, 0.29) is 5.56 Å². The lowest BCUT2D eigenvalue weighted by atomic mass is 9.96. The molecule has 0 aliphatic heterocycles. The monoisotopic (exact) mass is 284 g/mol. The van der Waals surface area contributed by atoms with Gasteiger partial charge in [0.1, 0.15) is 11.9 Å². The third-order valence-electron chi connectivity index (χ3n) is 3.10.